The summed E-state index contributed by atoms with van der Waals surface area (Å²) >= 11 is 3.70. The molecular weight excluding hydrogens is 1090 g/mol. The number of aromatic nitrogens is 4. The molecule has 0 spiro atoms. The van der Waals surface area contributed by atoms with Gasteiger partial charge in [0, 0.05) is 76.4 Å². The maximum Gasteiger partial charge on any atom is 2.00 e. The van der Waals surface area contributed by atoms with Crippen molar-refractivity contribution < 1.29 is 61.2 Å². The van der Waals surface area contributed by atoms with E-state index in [1.807, 2.05) is 6.07 Å². The predicted octanol–water partition coefficient (Wildman–Crippen LogP) is 13.6. The summed E-state index contributed by atoms with van der Waals surface area (Å²) in [5.74, 6) is 0.760. The van der Waals surface area contributed by atoms with E-state index < -0.39 is 17.6 Å². The van der Waals surface area contributed by atoms with Crippen LogP contribution in [0.3, 0.4) is 0 Å². The number of halogens is 3. The molecule has 2 aliphatic rings. The Morgan fingerprint density at radius 2 is 1.04 bits per heavy atom. The largest absolute Gasteiger partial charge is 2.00 e. The number of pyridine rings is 4. The molecule has 0 radical (unpaired) electrons. The van der Waals surface area contributed by atoms with E-state index in [2.05, 4.69) is 144 Å². The first-order chi connectivity index (χ1) is 36.4. The number of carbonyl (C=O) groups is 3. The van der Waals surface area contributed by atoms with Crippen molar-refractivity contribution in [3.05, 3.63) is 197 Å². The molecule has 386 valence electrons. The van der Waals surface area contributed by atoms with Gasteiger partial charge < -0.3 is 30.3 Å². The number of fused-ring (bicyclic) bond motifs is 6. The van der Waals surface area contributed by atoms with Crippen molar-refractivity contribution in [2.24, 2.45) is 0 Å². The van der Waals surface area contributed by atoms with E-state index in [-0.39, 0.29) is 59.7 Å². The molecule has 0 saturated carbocycles. The molecule has 0 fully saturated rings. The van der Waals surface area contributed by atoms with Crippen LogP contribution < -0.4 is 19.1 Å². The molecule has 0 amide bonds. The minimum absolute atomic E-state index is 0. The molecule has 0 unspecified atom stereocenters. The number of hydrogen-bond donors (Lipinski definition) is 1. The number of benzene rings is 4. The van der Waals surface area contributed by atoms with E-state index in [4.69, 9.17) is 30.8 Å². The Labute approximate surface area is 458 Å². The Hall–Kier alpha value is -8.89. The second kappa shape index (κ2) is 23.3. The monoisotopic (exact) mass is 1140 g/mol. The van der Waals surface area contributed by atoms with Crippen molar-refractivity contribution in [3.8, 4) is 62.3 Å². The summed E-state index contributed by atoms with van der Waals surface area (Å²) in [5, 5.41) is 15.9. The van der Waals surface area contributed by atoms with Crippen LogP contribution >= 0.6 is 12.2 Å². The number of nitrogens with zero attached hydrogens (tertiary/aromatic N) is 6. The van der Waals surface area contributed by atoms with Gasteiger partial charge in [-0.05, 0) is 99.1 Å². The fraction of sp³-hybridized carbons (Fsp3) is 0.121. The maximum atomic E-state index is 13.1. The molecule has 2 aliphatic carbocycles. The number of allylic oxidation sites excluding steroid dienone is 1. The zero-order valence-electron chi connectivity index (χ0n) is 41.3. The number of isothiocyanates is 1. The van der Waals surface area contributed by atoms with Gasteiger partial charge in [-0.3, -0.25) is 34.7 Å². The van der Waals surface area contributed by atoms with E-state index in [1.165, 1.54) is 99.1 Å². The molecule has 8 aromatic rings. The van der Waals surface area contributed by atoms with Gasteiger partial charge in [-0.1, -0.05) is 101 Å². The van der Waals surface area contributed by atoms with E-state index in [1.54, 1.807) is 12.1 Å². The van der Waals surface area contributed by atoms with Crippen LogP contribution in [0, 0.1) is 5.41 Å². The number of hydrogen-bond acceptors (Lipinski definition) is 13. The normalized spacial score (nSPS) is 12.8. The number of anilines is 3. The van der Waals surface area contributed by atoms with Gasteiger partial charge in [0.1, 0.15) is 23.0 Å². The molecule has 0 aliphatic heterocycles. The van der Waals surface area contributed by atoms with Crippen LogP contribution in [-0.2, 0) is 44.7 Å². The molecule has 0 atom stereocenters. The second-order valence-corrected chi connectivity index (χ2v) is 18.2. The van der Waals surface area contributed by atoms with E-state index >= 15 is 0 Å². The van der Waals surface area contributed by atoms with Gasteiger partial charge in [-0.15, -0.1) is 5.70 Å². The van der Waals surface area contributed by atoms with Gasteiger partial charge in [0.25, 0.3) is 19.4 Å². The first kappa shape index (κ1) is 55.9. The minimum Gasteiger partial charge on any atom is -0.753 e. The van der Waals surface area contributed by atoms with Crippen LogP contribution in [0.4, 0.5) is 30.2 Å². The molecule has 4 heterocycles. The standard InChI is InChI=1S/C39H32F3N4.C18H11N3O6.CNS.Ru/c1-37(2)31-12-8-6-10-27(31)29-19-23(14-16-32(29)37)46(25-17-18-45-35(21-25)34(43)22-36(44)39(40,41)42)24-13-15-28-26-9-5-7-11-30(26)38(3,4)33(28)20-24;22-9-25-12-1-3-19-15(5-12)17-7-14(27-11-24)8-18(21-17)16-6-13(26-10-23)2-4-20-16;2-1-3;/h5-22,43-44H,1-4H3;1-11H;;/q-1;;-1;+2/b34-22-,44-36?;;;. The Morgan fingerprint density at radius 3 is 1.60 bits per heavy atom. The summed E-state index contributed by atoms with van der Waals surface area (Å²) in [6, 6.07) is 42.1. The quantitative estimate of drug-likeness (QED) is 0.0496. The molecular formula is C58H43F3N8O6RuS. The molecule has 19 heteroatoms. The van der Waals surface area contributed by atoms with Gasteiger partial charge in [0.05, 0.1) is 22.8 Å². The van der Waals surface area contributed by atoms with Crippen LogP contribution in [0.1, 0.15) is 55.6 Å². The summed E-state index contributed by atoms with van der Waals surface area (Å²) in [6.45, 7) is 9.77. The van der Waals surface area contributed by atoms with Crippen LogP contribution in [0.15, 0.2) is 158 Å². The SMILES string of the molecule is CC1(C)c2ccccc2-c2cc(N(c3ccnc(/C([NH-])=C/C(=N)C(F)(F)F)c3)c3ccc4c(c3)C(C)(C)c3ccccc3-4)ccc21.O=COc1ccnc(-c2cc(OC=O)cc(-c3cc(OC=O)ccn3)n2)c1.[N-]=C=S.[Ru+2]. The van der Waals surface area contributed by atoms with Crippen molar-refractivity contribution in [1.82, 2.24) is 19.9 Å². The Bertz CT molecular complexity index is 3570. The number of nitrogens with one attached hydrogen (secondary N) is 2. The fourth-order valence-corrected chi connectivity index (χ4v) is 9.38. The van der Waals surface area contributed by atoms with Crippen molar-refractivity contribution in [1.29, 1.82) is 5.41 Å². The average molecular weight is 1140 g/mol. The summed E-state index contributed by atoms with van der Waals surface area (Å²) in [7, 11) is 0. The van der Waals surface area contributed by atoms with Gasteiger partial charge in [-0.25, -0.2) is 4.98 Å². The Morgan fingerprint density at radius 1 is 0.597 bits per heavy atom. The van der Waals surface area contributed by atoms with E-state index in [0.717, 1.165) is 16.9 Å². The van der Waals surface area contributed by atoms with Crippen molar-refractivity contribution >= 4 is 65.3 Å². The third-order valence-corrected chi connectivity index (χ3v) is 12.9. The van der Waals surface area contributed by atoms with Crippen LogP contribution in [0.25, 0.3) is 61.9 Å². The third-order valence-electron chi connectivity index (χ3n) is 12.9. The summed E-state index contributed by atoms with van der Waals surface area (Å²) < 4.78 is 53.9. The van der Waals surface area contributed by atoms with E-state index in [9.17, 15) is 27.6 Å². The Balaban J connectivity index is 0.000000237. The molecule has 77 heavy (non-hydrogen) atoms. The van der Waals surface area contributed by atoms with E-state index in [0.29, 0.717) is 47.5 Å². The van der Waals surface area contributed by atoms with Crippen LogP contribution in [-0.4, -0.2) is 56.4 Å². The first-order valence-electron chi connectivity index (χ1n) is 23.0. The summed E-state index contributed by atoms with van der Waals surface area (Å²) in [6.07, 6.45) is 0.0363. The molecule has 4 aromatic heterocycles. The molecule has 0 bridgehead atoms. The third kappa shape index (κ3) is 11.7. The summed E-state index contributed by atoms with van der Waals surface area (Å²) in [4.78, 5) is 50.9. The molecule has 10 rings (SSSR count). The predicted molar refractivity (Wildman–Crippen MR) is 287 cm³/mol. The molecule has 0 saturated heterocycles. The first-order valence-corrected chi connectivity index (χ1v) is 23.5. The van der Waals surface area contributed by atoms with Gasteiger partial charge in [0.2, 0.25) is 0 Å². The average Bonchev–Trinajstić information content (AvgIpc) is 3.78. The maximum absolute atomic E-state index is 13.1. The fourth-order valence-electron chi connectivity index (χ4n) is 9.38. The molecule has 14 nitrogen and oxygen atoms in total. The van der Waals surface area contributed by atoms with Crippen molar-refractivity contribution in [3.63, 3.8) is 0 Å². The summed E-state index contributed by atoms with van der Waals surface area (Å²) in [5.41, 5.74) is 19.4. The minimum atomic E-state index is -4.85. The van der Waals surface area contributed by atoms with Crippen molar-refractivity contribution in [2.75, 3.05) is 4.90 Å². The van der Waals surface area contributed by atoms with Crippen LogP contribution in [0.2, 0.25) is 0 Å². The molecule has 2 N–H and O–H groups in total. The number of thiocarbonyl (C=S) groups is 1. The second-order valence-electron chi connectivity index (χ2n) is 18.1. The zero-order valence-corrected chi connectivity index (χ0v) is 43.8. The van der Waals surface area contributed by atoms with Crippen LogP contribution in [0.5, 0.6) is 17.2 Å². The topological polar surface area (TPSA) is 204 Å². The number of carbonyl (C=O) groups excluding carboxylic acids is 3. The number of alkyl halides is 3. The van der Waals surface area contributed by atoms with Gasteiger partial charge in [-0.2, -0.15) is 18.3 Å². The number of ether oxygens (including phenoxy) is 3. The van der Waals surface area contributed by atoms with Gasteiger partial charge in [0.15, 0.2) is 0 Å². The smallest absolute Gasteiger partial charge is 0.753 e. The van der Waals surface area contributed by atoms with Crippen molar-refractivity contribution in [2.45, 2.75) is 44.7 Å². The number of rotatable bonds is 13. The Kier molecular flexibility index (Phi) is 16.9. The zero-order chi connectivity index (χ0) is 54.4. The van der Waals surface area contributed by atoms with Gasteiger partial charge >= 0.3 is 25.7 Å². The molecule has 4 aromatic carbocycles.